The topological polar surface area (TPSA) is 85.2 Å². The zero-order chi connectivity index (χ0) is 20.2. The van der Waals surface area contributed by atoms with Gasteiger partial charge in [-0.1, -0.05) is 35.0 Å². The molecule has 150 valence electrons. The Labute approximate surface area is 173 Å². The van der Waals surface area contributed by atoms with E-state index in [0.717, 1.165) is 11.4 Å². The molecular weight excluding hydrogens is 392 g/mol. The lowest BCUT2D eigenvalue weighted by molar-refractivity contribution is 0.0302. The standard InChI is InChI=1S/C20H21ClN6O2/c1-14(18-13-27(25-24-18)16-5-3-2-4-6-16)23-19-17(21)11-15(12-22-19)20(28)26-7-9-29-10-8-26/h2-6,11-14H,7-10H2,1H3,(H,22,23). The molecule has 0 radical (unpaired) electrons. The fourth-order valence-corrected chi connectivity index (χ4v) is 3.29. The van der Waals surface area contributed by atoms with E-state index in [2.05, 4.69) is 20.6 Å². The van der Waals surface area contributed by atoms with Gasteiger partial charge in [0.1, 0.15) is 11.5 Å². The number of carbonyl (C=O) groups is 1. The molecule has 1 N–H and O–H groups in total. The highest BCUT2D eigenvalue weighted by Gasteiger charge is 2.20. The number of morpholine rings is 1. The number of para-hydroxylation sites is 1. The van der Waals surface area contributed by atoms with E-state index in [-0.39, 0.29) is 11.9 Å². The van der Waals surface area contributed by atoms with Crippen molar-refractivity contribution in [2.75, 3.05) is 31.6 Å². The van der Waals surface area contributed by atoms with E-state index in [4.69, 9.17) is 16.3 Å². The summed E-state index contributed by atoms with van der Waals surface area (Å²) in [5.41, 5.74) is 2.14. The Balaban J connectivity index is 1.45. The molecule has 0 saturated carbocycles. The molecule has 1 aliphatic heterocycles. The predicted octanol–water partition coefficient (Wildman–Crippen LogP) is 2.96. The molecule has 9 heteroatoms. The second-order valence-electron chi connectivity index (χ2n) is 6.75. The number of hydrogen-bond donors (Lipinski definition) is 1. The number of rotatable bonds is 5. The van der Waals surface area contributed by atoms with Gasteiger partial charge in [0.05, 0.1) is 41.7 Å². The highest BCUT2D eigenvalue weighted by atomic mass is 35.5. The normalized spacial score (nSPS) is 15.2. The van der Waals surface area contributed by atoms with Crippen molar-refractivity contribution in [3.63, 3.8) is 0 Å². The molecule has 0 aliphatic carbocycles. The summed E-state index contributed by atoms with van der Waals surface area (Å²) in [5, 5.41) is 12.0. The van der Waals surface area contributed by atoms with Crippen LogP contribution >= 0.6 is 11.6 Å². The van der Waals surface area contributed by atoms with E-state index in [1.54, 1.807) is 21.8 Å². The van der Waals surface area contributed by atoms with Crippen LogP contribution in [0.25, 0.3) is 5.69 Å². The number of pyridine rings is 1. The smallest absolute Gasteiger partial charge is 0.255 e. The van der Waals surface area contributed by atoms with Crippen LogP contribution in [0.15, 0.2) is 48.8 Å². The Kier molecular flexibility index (Phi) is 5.73. The lowest BCUT2D eigenvalue weighted by Crippen LogP contribution is -2.40. The molecule has 3 heterocycles. The second kappa shape index (κ2) is 8.59. The maximum Gasteiger partial charge on any atom is 0.255 e. The molecule has 8 nitrogen and oxygen atoms in total. The molecule has 0 bridgehead atoms. The predicted molar refractivity (Wildman–Crippen MR) is 109 cm³/mol. The second-order valence-corrected chi connectivity index (χ2v) is 7.16. The number of anilines is 1. The van der Waals surface area contributed by atoms with E-state index < -0.39 is 0 Å². The summed E-state index contributed by atoms with van der Waals surface area (Å²) in [4.78, 5) is 18.7. The largest absolute Gasteiger partial charge is 0.378 e. The van der Waals surface area contributed by atoms with Gasteiger partial charge in [0.15, 0.2) is 0 Å². The number of aromatic nitrogens is 4. The number of nitrogens with one attached hydrogen (secondary N) is 1. The van der Waals surface area contributed by atoms with Crippen molar-refractivity contribution in [2.45, 2.75) is 13.0 Å². The maximum atomic E-state index is 12.6. The van der Waals surface area contributed by atoms with Crippen LogP contribution in [0.5, 0.6) is 0 Å². The van der Waals surface area contributed by atoms with Crippen molar-refractivity contribution in [3.05, 3.63) is 65.1 Å². The molecule has 0 spiro atoms. The van der Waals surface area contributed by atoms with Crippen molar-refractivity contribution < 1.29 is 9.53 Å². The summed E-state index contributed by atoms with van der Waals surface area (Å²) in [6, 6.07) is 11.2. The minimum absolute atomic E-state index is 0.0897. The van der Waals surface area contributed by atoms with Gasteiger partial charge in [0.2, 0.25) is 0 Å². The molecule has 1 unspecified atom stereocenters. The average Bonchev–Trinajstić information content (AvgIpc) is 3.26. The number of carbonyl (C=O) groups excluding carboxylic acids is 1. The van der Waals surface area contributed by atoms with Crippen molar-refractivity contribution >= 4 is 23.3 Å². The van der Waals surface area contributed by atoms with E-state index >= 15 is 0 Å². The summed E-state index contributed by atoms with van der Waals surface area (Å²) in [5.74, 6) is 0.403. The lowest BCUT2D eigenvalue weighted by atomic mass is 10.2. The van der Waals surface area contributed by atoms with Gasteiger partial charge >= 0.3 is 0 Å². The van der Waals surface area contributed by atoms with E-state index in [1.165, 1.54) is 0 Å². The number of ether oxygens (including phenoxy) is 1. The van der Waals surface area contributed by atoms with Gasteiger partial charge < -0.3 is 15.0 Å². The highest BCUT2D eigenvalue weighted by Crippen LogP contribution is 2.25. The monoisotopic (exact) mass is 412 g/mol. The van der Waals surface area contributed by atoms with Crippen molar-refractivity contribution in [1.82, 2.24) is 24.9 Å². The first kappa shape index (κ1) is 19.4. The van der Waals surface area contributed by atoms with Gasteiger partial charge in [0, 0.05) is 19.3 Å². The zero-order valence-electron chi connectivity index (χ0n) is 16.0. The van der Waals surface area contributed by atoms with E-state index in [1.807, 2.05) is 43.5 Å². The lowest BCUT2D eigenvalue weighted by Gasteiger charge is -2.26. The Morgan fingerprint density at radius 1 is 1.24 bits per heavy atom. The molecule has 4 rings (SSSR count). The third-order valence-corrected chi connectivity index (χ3v) is 5.00. The molecular formula is C20H21ClN6O2. The van der Waals surface area contributed by atoms with Gasteiger partial charge in [-0.05, 0) is 25.1 Å². The number of halogens is 1. The van der Waals surface area contributed by atoms with Crippen LogP contribution in [0, 0.1) is 0 Å². The maximum absolute atomic E-state index is 12.6. The van der Waals surface area contributed by atoms with Gasteiger partial charge in [-0.15, -0.1) is 5.10 Å². The number of nitrogens with zero attached hydrogens (tertiary/aromatic N) is 5. The summed E-state index contributed by atoms with van der Waals surface area (Å²) in [6.45, 7) is 4.20. The molecule has 1 atom stereocenters. The zero-order valence-corrected chi connectivity index (χ0v) is 16.7. The first-order valence-corrected chi connectivity index (χ1v) is 9.76. The summed E-state index contributed by atoms with van der Waals surface area (Å²) >= 11 is 6.38. The van der Waals surface area contributed by atoms with Crippen molar-refractivity contribution in [1.29, 1.82) is 0 Å². The Morgan fingerprint density at radius 2 is 2.00 bits per heavy atom. The third kappa shape index (κ3) is 4.38. The molecule has 29 heavy (non-hydrogen) atoms. The first-order chi connectivity index (χ1) is 14.1. The van der Waals surface area contributed by atoms with Gasteiger partial charge in [-0.25, -0.2) is 9.67 Å². The van der Waals surface area contributed by atoms with Gasteiger partial charge in [0.25, 0.3) is 5.91 Å². The van der Waals surface area contributed by atoms with Crippen LogP contribution < -0.4 is 5.32 Å². The van der Waals surface area contributed by atoms with Crippen LogP contribution in [0.4, 0.5) is 5.82 Å². The molecule has 1 fully saturated rings. The van der Waals surface area contributed by atoms with Crippen LogP contribution in [-0.4, -0.2) is 57.1 Å². The third-order valence-electron chi connectivity index (χ3n) is 4.72. The number of hydrogen-bond acceptors (Lipinski definition) is 6. The molecule has 3 aromatic rings. The summed E-state index contributed by atoms with van der Waals surface area (Å²) < 4.78 is 7.00. The van der Waals surface area contributed by atoms with E-state index in [0.29, 0.717) is 42.7 Å². The average molecular weight is 413 g/mol. The summed E-state index contributed by atoms with van der Waals surface area (Å²) in [7, 11) is 0. The van der Waals surface area contributed by atoms with Gasteiger partial charge in [-0.2, -0.15) is 0 Å². The minimum Gasteiger partial charge on any atom is -0.378 e. The first-order valence-electron chi connectivity index (χ1n) is 9.38. The Hall–Kier alpha value is -2.97. The van der Waals surface area contributed by atoms with Crippen molar-refractivity contribution in [3.8, 4) is 5.69 Å². The Morgan fingerprint density at radius 3 is 2.72 bits per heavy atom. The Bertz CT molecular complexity index is 988. The fourth-order valence-electron chi connectivity index (χ4n) is 3.07. The minimum atomic E-state index is -0.168. The highest BCUT2D eigenvalue weighted by molar-refractivity contribution is 6.33. The summed E-state index contributed by atoms with van der Waals surface area (Å²) in [6.07, 6.45) is 3.40. The number of benzene rings is 1. The van der Waals surface area contributed by atoms with Crippen LogP contribution in [-0.2, 0) is 4.74 Å². The quantitative estimate of drug-likeness (QED) is 0.693. The molecule has 1 aromatic carbocycles. The SMILES string of the molecule is CC(Nc1ncc(C(=O)N2CCOCC2)cc1Cl)c1cn(-c2ccccc2)nn1. The number of amides is 1. The van der Waals surface area contributed by atoms with Gasteiger partial charge in [-0.3, -0.25) is 4.79 Å². The molecule has 1 amide bonds. The fraction of sp³-hybridized carbons (Fsp3) is 0.300. The molecule has 1 aliphatic rings. The van der Waals surface area contributed by atoms with Crippen LogP contribution in [0.1, 0.15) is 29.0 Å². The van der Waals surface area contributed by atoms with Crippen molar-refractivity contribution in [2.24, 2.45) is 0 Å². The molecule has 2 aromatic heterocycles. The van der Waals surface area contributed by atoms with E-state index in [9.17, 15) is 4.79 Å². The molecule has 1 saturated heterocycles. The van der Waals surface area contributed by atoms with Crippen LogP contribution in [0.2, 0.25) is 5.02 Å². The van der Waals surface area contributed by atoms with Crippen LogP contribution in [0.3, 0.4) is 0 Å².